The number of sulfonamides is 1. The lowest BCUT2D eigenvalue weighted by atomic mass is 9.59. The first kappa shape index (κ1) is 48.3. The normalized spacial score (nSPS) is 24.5. The Morgan fingerprint density at radius 3 is 2.49 bits per heavy atom. The van der Waals surface area contributed by atoms with Crippen LogP contribution in [-0.4, -0.2) is 102 Å². The minimum absolute atomic E-state index is 0.0110. The van der Waals surface area contributed by atoms with Crippen LogP contribution in [0.1, 0.15) is 118 Å². The number of nitrogens with one attached hydrogen (secondary N) is 3. The Labute approximate surface area is 418 Å². The number of carbonyl (C=O) groups excluding carboxylic acids is 1. The number of nitro groups is 1. The van der Waals surface area contributed by atoms with Gasteiger partial charge in [-0.05, 0) is 118 Å². The lowest BCUT2D eigenvalue weighted by molar-refractivity contribution is -0.384. The number of amides is 1. The molecule has 6 heterocycles. The fourth-order valence-electron chi connectivity index (χ4n) is 12.1. The molecule has 3 saturated heterocycles. The van der Waals surface area contributed by atoms with E-state index in [4.69, 9.17) is 18.9 Å². The van der Waals surface area contributed by atoms with Crippen molar-refractivity contribution in [2.45, 2.75) is 126 Å². The Morgan fingerprint density at radius 1 is 1.00 bits per heavy atom. The number of hydrogen-bond donors (Lipinski definition) is 4. The number of nitrogens with zero attached hydrogens (tertiary/aromatic N) is 4. The summed E-state index contributed by atoms with van der Waals surface area (Å²) in [4.78, 5) is 37.9. The molecule has 72 heavy (non-hydrogen) atoms. The molecular formula is C53H62FN7O10S. The van der Waals surface area contributed by atoms with Crippen molar-refractivity contribution in [3.05, 3.63) is 99.5 Å². The molecule has 1 spiro atoms. The first-order valence-electron chi connectivity index (χ1n) is 25.4. The van der Waals surface area contributed by atoms with E-state index in [0.29, 0.717) is 56.9 Å². The van der Waals surface area contributed by atoms with Crippen molar-refractivity contribution < 1.29 is 46.6 Å². The molecule has 4 N–H and O–H groups in total. The number of ether oxygens (including phenoxy) is 4. The zero-order chi connectivity index (χ0) is 50.1. The fourth-order valence-corrected chi connectivity index (χ4v) is 13.1. The zero-order valence-corrected chi connectivity index (χ0v) is 41.6. The predicted molar refractivity (Wildman–Crippen MR) is 267 cm³/mol. The summed E-state index contributed by atoms with van der Waals surface area (Å²) in [6.07, 6.45) is 9.96. The van der Waals surface area contributed by atoms with Crippen molar-refractivity contribution in [3.63, 3.8) is 0 Å². The van der Waals surface area contributed by atoms with E-state index in [-0.39, 0.29) is 75.5 Å². The number of pyridine rings is 1. The maximum Gasteiger partial charge on any atom is 0.297 e. The Morgan fingerprint density at radius 2 is 1.76 bits per heavy atom. The van der Waals surface area contributed by atoms with Crippen LogP contribution >= 0.6 is 0 Å². The van der Waals surface area contributed by atoms with Crippen molar-refractivity contribution in [1.29, 1.82) is 0 Å². The number of anilines is 2. The van der Waals surface area contributed by atoms with Crippen LogP contribution in [0.15, 0.2) is 71.8 Å². The molecule has 0 unspecified atom stereocenters. The third-order valence-corrected chi connectivity index (χ3v) is 17.7. The van der Waals surface area contributed by atoms with Crippen molar-refractivity contribution in [3.8, 4) is 23.1 Å². The van der Waals surface area contributed by atoms with E-state index in [1.165, 1.54) is 42.3 Å². The molecule has 1 amide bonds. The average molecular weight is 1010 g/mol. The number of piperidine rings is 1. The highest BCUT2D eigenvalue weighted by Gasteiger charge is 2.50. The standard InChI is InChI=1S/C53H62FN7O10S/c1-31(2)37-7-4-5-8-38(37)43-9-6-18-60(43)34-25-53(26-34)16-19-59(20-17-53)33-10-11-39(45(21-33)71-47-24-40-41(54)27-55-49(40)57-51(47)70-35-28-68-29-35)50(62)58-72(66,67)36-22-44(61(64)65)48-46(23-36)69-30-42(56-48)32-12-14-52(3,63)15-13-32/h4-5,7-8,10-11,21-24,27,31-32,34-35,42-43,56,63H,6,9,12-20,25-26,28-30H2,1-3H3,(H,55,57)(H,58,62)/t32?,42-,43+,52?/m1/s1. The van der Waals surface area contributed by atoms with E-state index in [9.17, 15) is 28.4 Å². The second-order valence-electron chi connectivity index (χ2n) is 21.5. The van der Waals surface area contributed by atoms with E-state index in [1.54, 1.807) is 19.1 Å². The third-order valence-electron chi connectivity index (χ3n) is 16.3. The molecule has 0 radical (unpaired) electrons. The first-order valence-corrected chi connectivity index (χ1v) is 26.9. The van der Waals surface area contributed by atoms with Crippen LogP contribution in [0.3, 0.4) is 0 Å². The maximum atomic E-state index is 15.1. The highest BCUT2D eigenvalue weighted by Crippen LogP contribution is 2.55. The predicted octanol–water partition coefficient (Wildman–Crippen LogP) is 9.12. The van der Waals surface area contributed by atoms with E-state index in [0.717, 1.165) is 63.1 Å². The number of rotatable bonds is 13. The largest absolute Gasteiger partial charge is 0.489 e. The molecule has 0 bridgehead atoms. The van der Waals surface area contributed by atoms with Crippen LogP contribution in [-0.2, 0) is 14.8 Å². The number of nitro benzene ring substituents is 1. The van der Waals surface area contributed by atoms with Crippen LogP contribution in [0.25, 0.3) is 11.0 Å². The molecule has 2 aliphatic carbocycles. The Balaban J connectivity index is 0.846. The van der Waals surface area contributed by atoms with E-state index in [2.05, 4.69) is 67.9 Å². The summed E-state index contributed by atoms with van der Waals surface area (Å²) in [5.41, 5.74) is 2.65. The lowest BCUT2D eigenvalue weighted by Crippen LogP contribution is -2.54. The molecule has 2 atom stereocenters. The number of H-pyrrole nitrogens is 1. The summed E-state index contributed by atoms with van der Waals surface area (Å²) in [7, 11) is -4.77. The smallest absolute Gasteiger partial charge is 0.297 e. The van der Waals surface area contributed by atoms with Gasteiger partial charge in [-0.1, -0.05) is 38.1 Å². The van der Waals surface area contributed by atoms with Gasteiger partial charge in [-0.25, -0.2) is 17.5 Å². The average Bonchev–Trinajstić information content (AvgIpc) is 3.97. The number of halogens is 1. The summed E-state index contributed by atoms with van der Waals surface area (Å²) >= 11 is 0. The Hall–Kier alpha value is -6.02. The van der Waals surface area contributed by atoms with Gasteiger partial charge in [-0.3, -0.25) is 19.8 Å². The summed E-state index contributed by atoms with van der Waals surface area (Å²) in [6.45, 7) is 9.68. The van der Waals surface area contributed by atoms with Gasteiger partial charge in [0.1, 0.15) is 29.9 Å². The van der Waals surface area contributed by atoms with Crippen LogP contribution in [0.2, 0.25) is 0 Å². The van der Waals surface area contributed by atoms with Gasteiger partial charge in [-0.2, -0.15) is 4.98 Å². The molecular weight excluding hydrogens is 946 g/mol. The summed E-state index contributed by atoms with van der Waals surface area (Å²) in [5, 5.41) is 26.3. The first-order chi connectivity index (χ1) is 34.5. The molecule has 11 rings (SSSR count). The lowest BCUT2D eigenvalue weighted by Gasteiger charge is -2.56. The Bertz CT molecular complexity index is 3010. The quantitative estimate of drug-likeness (QED) is 0.0641. The molecule has 2 saturated carbocycles. The van der Waals surface area contributed by atoms with Gasteiger partial charge in [0.05, 0.1) is 45.6 Å². The van der Waals surface area contributed by atoms with Crippen LogP contribution < -0.4 is 29.1 Å². The molecule has 5 aromatic rings. The van der Waals surface area contributed by atoms with Gasteiger partial charge in [0, 0.05) is 61.3 Å². The summed E-state index contributed by atoms with van der Waals surface area (Å²) < 4.78 is 69.4. The van der Waals surface area contributed by atoms with Gasteiger partial charge in [0.25, 0.3) is 27.5 Å². The number of aromatic amines is 1. The highest BCUT2D eigenvalue weighted by molar-refractivity contribution is 7.90. The van der Waals surface area contributed by atoms with Gasteiger partial charge in [0.15, 0.2) is 17.2 Å². The molecule has 3 aromatic carbocycles. The third kappa shape index (κ3) is 9.32. The molecule has 5 fully saturated rings. The highest BCUT2D eigenvalue weighted by atomic mass is 32.2. The molecule has 382 valence electrons. The van der Waals surface area contributed by atoms with E-state index in [1.807, 2.05) is 0 Å². The van der Waals surface area contributed by atoms with Crippen LogP contribution in [0.4, 0.5) is 21.5 Å². The van der Waals surface area contributed by atoms with Crippen molar-refractivity contribution in [2.75, 3.05) is 49.7 Å². The molecule has 4 aliphatic heterocycles. The van der Waals surface area contributed by atoms with Crippen molar-refractivity contribution in [1.82, 2.24) is 19.6 Å². The number of hydrogen-bond acceptors (Lipinski definition) is 14. The minimum atomic E-state index is -4.77. The van der Waals surface area contributed by atoms with Crippen molar-refractivity contribution >= 4 is 44.0 Å². The van der Waals surface area contributed by atoms with Crippen molar-refractivity contribution in [2.24, 2.45) is 11.3 Å². The number of fused-ring (bicyclic) bond motifs is 2. The number of aromatic nitrogens is 2. The SMILES string of the molecule is CC(C)c1ccccc1[C@@H]1CCCN1C1CC2(CCN(c3ccc(C(=O)NS(=O)(=O)c4cc5c(c([N+](=O)[O-])c4)N[C@@H](C4CCC(C)(O)CC4)CO5)c(Oc4cc5c(F)c[nH]c5nc4OC4COC4)c3)CC2)C1. The summed E-state index contributed by atoms with van der Waals surface area (Å²) in [5.74, 6) is -1.20. The molecule has 19 heteroatoms. The zero-order valence-electron chi connectivity index (χ0n) is 40.8. The second-order valence-corrected chi connectivity index (χ2v) is 23.2. The molecule has 2 aromatic heterocycles. The van der Waals surface area contributed by atoms with E-state index < -0.39 is 42.9 Å². The van der Waals surface area contributed by atoms with E-state index >= 15 is 4.39 Å². The maximum absolute atomic E-state index is 15.1. The van der Waals surface area contributed by atoms with Crippen LogP contribution in [0, 0.1) is 27.3 Å². The number of benzene rings is 3. The van der Waals surface area contributed by atoms with Gasteiger partial charge < -0.3 is 39.3 Å². The number of carbonyl (C=O) groups is 1. The monoisotopic (exact) mass is 1010 g/mol. The topological polar surface area (TPSA) is 211 Å². The second kappa shape index (κ2) is 18.8. The van der Waals surface area contributed by atoms with Gasteiger partial charge in [-0.15, -0.1) is 0 Å². The van der Waals surface area contributed by atoms with Crippen LogP contribution in [0.5, 0.6) is 23.1 Å². The number of likely N-dealkylation sites (tertiary alicyclic amines) is 1. The molecule has 6 aliphatic rings. The summed E-state index contributed by atoms with van der Waals surface area (Å²) in [6, 6.07) is 18.0. The minimum Gasteiger partial charge on any atom is -0.489 e. The Kier molecular flexibility index (Phi) is 12.6. The molecule has 17 nitrogen and oxygen atoms in total. The van der Waals surface area contributed by atoms with Gasteiger partial charge in [0.2, 0.25) is 0 Å². The fraction of sp³-hybridized carbons (Fsp3) is 0.509. The van der Waals surface area contributed by atoms with Gasteiger partial charge >= 0.3 is 0 Å². The number of aliphatic hydroxyl groups is 1.